The van der Waals surface area contributed by atoms with E-state index in [2.05, 4.69) is 29.6 Å². The Morgan fingerprint density at radius 3 is 2.74 bits per heavy atom. The smallest absolute Gasteiger partial charge is 0.150 e. The minimum absolute atomic E-state index is 0.254. The van der Waals surface area contributed by atoms with Gasteiger partial charge >= 0.3 is 0 Å². The van der Waals surface area contributed by atoms with Gasteiger partial charge in [-0.2, -0.15) is 0 Å². The molecule has 19 heavy (non-hydrogen) atoms. The van der Waals surface area contributed by atoms with E-state index in [9.17, 15) is 8.42 Å². The number of rotatable bonds is 6. The zero-order chi connectivity index (χ0) is 13.7. The van der Waals surface area contributed by atoms with Crippen molar-refractivity contribution < 1.29 is 8.42 Å². The van der Waals surface area contributed by atoms with Crippen LogP contribution in [0.4, 0.5) is 0 Å². The maximum Gasteiger partial charge on any atom is 0.150 e. The zero-order valence-corrected chi connectivity index (χ0v) is 12.4. The van der Waals surface area contributed by atoms with Gasteiger partial charge in [-0.05, 0) is 43.4 Å². The standard InChI is InChI=1S/C15H23NO2S/c1-2-19(17,18)11-5-10-16-15-9-8-13-6-3-4-7-14(13)12-15/h3-4,6-7,15-16H,2,5,8-12H2,1H3. The maximum atomic E-state index is 11.4. The summed E-state index contributed by atoms with van der Waals surface area (Å²) in [5, 5.41) is 3.49. The molecule has 4 heteroatoms. The summed E-state index contributed by atoms with van der Waals surface area (Å²) in [5.41, 5.74) is 2.90. The minimum Gasteiger partial charge on any atom is -0.314 e. The molecule has 106 valence electrons. The Kier molecular flexibility index (Phi) is 4.99. The van der Waals surface area contributed by atoms with Crippen LogP contribution in [-0.2, 0) is 22.7 Å². The Hall–Kier alpha value is -0.870. The van der Waals surface area contributed by atoms with Gasteiger partial charge in [0.05, 0.1) is 5.75 Å². The average Bonchev–Trinajstić information content (AvgIpc) is 2.43. The molecule has 1 unspecified atom stereocenters. The Morgan fingerprint density at radius 1 is 1.26 bits per heavy atom. The maximum absolute atomic E-state index is 11.4. The SMILES string of the molecule is CCS(=O)(=O)CCCNC1CCc2ccccc2C1. The summed E-state index contributed by atoms with van der Waals surface area (Å²) in [7, 11) is -2.81. The van der Waals surface area contributed by atoms with E-state index in [-0.39, 0.29) is 5.75 Å². The first-order valence-electron chi connectivity index (χ1n) is 7.11. The lowest BCUT2D eigenvalue weighted by Gasteiger charge is -2.25. The molecule has 0 saturated heterocycles. The number of sulfone groups is 1. The summed E-state index contributed by atoms with van der Waals surface area (Å²) in [4.78, 5) is 0. The second-order valence-corrected chi connectivity index (χ2v) is 7.73. The molecule has 3 nitrogen and oxygen atoms in total. The molecule has 0 bridgehead atoms. The molecule has 1 N–H and O–H groups in total. The first kappa shape index (κ1) is 14.5. The topological polar surface area (TPSA) is 46.2 Å². The molecule has 0 heterocycles. The van der Waals surface area contributed by atoms with Gasteiger partial charge in [-0.15, -0.1) is 0 Å². The van der Waals surface area contributed by atoms with Gasteiger partial charge in [-0.25, -0.2) is 8.42 Å². The largest absolute Gasteiger partial charge is 0.314 e. The molecule has 0 radical (unpaired) electrons. The average molecular weight is 281 g/mol. The first-order chi connectivity index (χ1) is 9.11. The van der Waals surface area contributed by atoms with Gasteiger partial charge in [-0.3, -0.25) is 0 Å². The summed E-state index contributed by atoms with van der Waals surface area (Å²) in [5.74, 6) is 0.559. The van der Waals surface area contributed by atoms with Crippen LogP contribution in [0.2, 0.25) is 0 Å². The predicted molar refractivity (Wildman–Crippen MR) is 79.2 cm³/mol. The number of fused-ring (bicyclic) bond motifs is 1. The Morgan fingerprint density at radius 2 is 2.00 bits per heavy atom. The van der Waals surface area contributed by atoms with Crippen LogP contribution in [0.25, 0.3) is 0 Å². The van der Waals surface area contributed by atoms with Gasteiger partial charge in [0, 0.05) is 11.8 Å². The van der Waals surface area contributed by atoms with Crippen molar-refractivity contribution in [1.82, 2.24) is 5.32 Å². The Bertz CT molecular complexity index is 511. The van der Waals surface area contributed by atoms with Crippen molar-refractivity contribution in [3.63, 3.8) is 0 Å². The van der Waals surface area contributed by atoms with Crippen molar-refractivity contribution in [2.24, 2.45) is 0 Å². The summed E-state index contributed by atoms with van der Waals surface area (Å²) in [6.07, 6.45) is 4.06. The molecule has 0 saturated carbocycles. The second-order valence-electron chi connectivity index (χ2n) is 5.25. The molecule has 1 aliphatic rings. The number of aryl methyl sites for hydroxylation is 1. The fourth-order valence-electron chi connectivity index (χ4n) is 2.61. The summed E-state index contributed by atoms with van der Waals surface area (Å²) in [6.45, 7) is 2.51. The van der Waals surface area contributed by atoms with E-state index in [4.69, 9.17) is 0 Å². The highest BCUT2D eigenvalue weighted by Crippen LogP contribution is 2.20. The van der Waals surface area contributed by atoms with Gasteiger partial charge in [0.1, 0.15) is 9.84 Å². The molecule has 0 spiro atoms. The van der Waals surface area contributed by atoms with Crippen LogP contribution in [-0.4, -0.2) is 32.5 Å². The normalized spacial score (nSPS) is 19.1. The van der Waals surface area contributed by atoms with Crippen molar-refractivity contribution in [1.29, 1.82) is 0 Å². The molecular weight excluding hydrogens is 258 g/mol. The van der Waals surface area contributed by atoms with Gasteiger partial charge < -0.3 is 5.32 Å². The van der Waals surface area contributed by atoms with E-state index >= 15 is 0 Å². The Balaban J connectivity index is 1.74. The first-order valence-corrected chi connectivity index (χ1v) is 8.93. The van der Waals surface area contributed by atoms with Crippen molar-refractivity contribution >= 4 is 9.84 Å². The van der Waals surface area contributed by atoms with Crippen LogP contribution in [0, 0.1) is 0 Å². The lowest BCUT2D eigenvalue weighted by Crippen LogP contribution is -2.35. The van der Waals surface area contributed by atoms with E-state index in [1.807, 2.05) is 0 Å². The number of benzene rings is 1. The molecule has 1 aliphatic carbocycles. The van der Waals surface area contributed by atoms with Crippen molar-refractivity contribution in [2.75, 3.05) is 18.1 Å². The number of hydrogen-bond donors (Lipinski definition) is 1. The Labute approximate surface area is 116 Å². The molecule has 1 aromatic carbocycles. The molecule has 0 fully saturated rings. The fourth-order valence-corrected chi connectivity index (χ4v) is 3.49. The van der Waals surface area contributed by atoms with E-state index in [0.29, 0.717) is 18.2 Å². The van der Waals surface area contributed by atoms with E-state index in [0.717, 1.165) is 25.8 Å². The van der Waals surface area contributed by atoms with Gasteiger partial charge in [-0.1, -0.05) is 31.2 Å². The second kappa shape index (κ2) is 6.53. The van der Waals surface area contributed by atoms with E-state index < -0.39 is 9.84 Å². The molecule has 0 aliphatic heterocycles. The van der Waals surface area contributed by atoms with Crippen LogP contribution >= 0.6 is 0 Å². The van der Waals surface area contributed by atoms with Gasteiger partial charge in [0.2, 0.25) is 0 Å². The van der Waals surface area contributed by atoms with Crippen molar-refractivity contribution in [2.45, 2.75) is 38.6 Å². The quantitative estimate of drug-likeness (QED) is 0.811. The molecule has 0 amide bonds. The monoisotopic (exact) mass is 281 g/mol. The molecule has 2 rings (SSSR count). The number of hydrogen-bond acceptors (Lipinski definition) is 3. The van der Waals surface area contributed by atoms with Crippen LogP contribution in [0.3, 0.4) is 0 Å². The highest BCUT2D eigenvalue weighted by Gasteiger charge is 2.17. The van der Waals surface area contributed by atoms with Gasteiger partial charge in [0.25, 0.3) is 0 Å². The molecular formula is C15H23NO2S. The van der Waals surface area contributed by atoms with Crippen LogP contribution in [0.15, 0.2) is 24.3 Å². The third kappa shape index (κ3) is 4.32. The van der Waals surface area contributed by atoms with Crippen LogP contribution in [0.5, 0.6) is 0 Å². The molecule has 0 aromatic heterocycles. The third-order valence-electron chi connectivity index (χ3n) is 3.85. The third-order valence-corrected chi connectivity index (χ3v) is 5.64. The van der Waals surface area contributed by atoms with Crippen molar-refractivity contribution in [3.8, 4) is 0 Å². The van der Waals surface area contributed by atoms with Crippen molar-refractivity contribution in [3.05, 3.63) is 35.4 Å². The lowest BCUT2D eigenvalue weighted by atomic mass is 9.88. The highest BCUT2D eigenvalue weighted by molar-refractivity contribution is 7.91. The summed E-state index contributed by atoms with van der Waals surface area (Å²) in [6, 6.07) is 9.10. The molecule has 1 aromatic rings. The van der Waals surface area contributed by atoms with Crippen LogP contribution in [0.1, 0.15) is 30.9 Å². The molecule has 1 atom stereocenters. The lowest BCUT2D eigenvalue weighted by molar-refractivity contribution is 0.458. The minimum atomic E-state index is -2.81. The fraction of sp³-hybridized carbons (Fsp3) is 0.600. The van der Waals surface area contributed by atoms with E-state index in [1.54, 1.807) is 6.92 Å². The summed E-state index contributed by atoms with van der Waals surface area (Å²) < 4.78 is 22.8. The highest BCUT2D eigenvalue weighted by atomic mass is 32.2. The van der Waals surface area contributed by atoms with Gasteiger partial charge in [0.15, 0.2) is 0 Å². The van der Waals surface area contributed by atoms with E-state index in [1.165, 1.54) is 11.1 Å². The zero-order valence-electron chi connectivity index (χ0n) is 11.6. The van der Waals surface area contributed by atoms with Crippen LogP contribution < -0.4 is 5.32 Å². The number of nitrogens with one attached hydrogen (secondary N) is 1. The predicted octanol–water partition coefficient (Wildman–Crippen LogP) is 1.96. The summed E-state index contributed by atoms with van der Waals surface area (Å²) >= 11 is 0.